The Morgan fingerprint density at radius 1 is 1.29 bits per heavy atom. The molecule has 0 saturated heterocycles. The number of rotatable bonds is 3. The van der Waals surface area contributed by atoms with E-state index >= 15 is 0 Å². The van der Waals surface area contributed by atoms with E-state index in [4.69, 9.17) is 0 Å². The zero-order valence-electron chi connectivity index (χ0n) is 13.1. The van der Waals surface area contributed by atoms with Gasteiger partial charge in [-0.15, -0.1) is 0 Å². The molecular weight excluding hydrogens is 262 g/mol. The van der Waals surface area contributed by atoms with Gasteiger partial charge < -0.3 is 14.8 Å². The van der Waals surface area contributed by atoms with Gasteiger partial charge in [0.05, 0.1) is 6.04 Å². The molecule has 0 radical (unpaired) electrons. The molecule has 4 nitrogen and oxygen atoms in total. The third-order valence-electron chi connectivity index (χ3n) is 4.92. The summed E-state index contributed by atoms with van der Waals surface area (Å²) in [7, 11) is 0. The number of carbonyl (C=O) groups excluding carboxylic acids is 1. The lowest BCUT2D eigenvalue weighted by atomic mass is 9.95. The van der Waals surface area contributed by atoms with E-state index in [1.807, 2.05) is 0 Å². The molecule has 21 heavy (non-hydrogen) atoms. The second-order valence-electron chi connectivity index (χ2n) is 6.41. The monoisotopic (exact) mass is 289 g/mol. The normalized spacial score (nSPS) is 22.9. The van der Waals surface area contributed by atoms with Gasteiger partial charge in [0.1, 0.15) is 0 Å². The first kappa shape index (κ1) is 14.5. The van der Waals surface area contributed by atoms with Crippen LogP contribution in [0.2, 0.25) is 0 Å². The first-order chi connectivity index (χ1) is 10.3. The Morgan fingerprint density at radius 3 is 2.86 bits per heavy atom. The molecule has 0 spiro atoms. The summed E-state index contributed by atoms with van der Waals surface area (Å²) in [5.74, 6) is 0. The summed E-state index contributed by atoms with van der Waals surface area (Å²) in [6.07, 6.45) is 10.4. The summed E-state index contributed by atoms with van der Waals surface area (Å²) in [5, 5.41) is 3.28. The number of aromatic nitrogens is 1. The summed E-state index contributed by atoms with van der Waals surface area (Å²) < 4.78 is 2.30. The van der Waals surface area contributed by atoms with Crippen LogP contribution in [-0.2, 0) is 6.54 Å². The average Bonchev–Trinajstić information content (AvgIpc) is 2.97. The van der Waals surface area contributed by atoms with Crippen LogP contribution < -0.4 is 5.32 Å². The lowest BCUT2D eigenvalue weighted by Gasteiger charge is -2.38. The number of fused-ring (bicyclic) bond motifs is 1. The number of amides is 2. The van der Waals surface area contributed by atoms with Gasteiger partial charge in [0, 0.05) is 31.0 Å². The molecule has 4 heteroatoms. The number of hydrogen-bond acceptors (Lipinski definition) is 1. The molecule has 2 heterocycles. The predicted molar refractivity (Wildman–Crippen MR) is 84.2 cm³/mol. The van der Waals surface area contributed by atoms with Gasteiger partial charge in [-0.05, 0) is 31.4 Å². The molecule has 1 aliphatic heterocycles. The molecule has 1 unspecified atom stereocenters. The van der Waals surface area contributed by atoms with Gasteiger partial charge in [-0.1, -0.05) is 32.6 Å². The fourth-order valence-corrected chi connectivity index (χ4v) is 3.79. The molecule has 1 aromatic rings. The largest absolute Gasteiger partial charge is 0.348 e. The molecule has 1 atom stereocenters. The van der Waals surface area contributed by atoms with Gasteiger partial charge in [0.25, 0.3) is 0 Å². The minimum atomic E-state index is 0.146. The number of nitrogens with zero attached hydrogens (tertiary/aromatic N) is 2. The Hall–Kier alpha value is -1.45. The Morgan fingerprint density at radius 2 is 2.10 bits per heavy atom. The van der Waals surface area contributed by atoms with Crippen molar-refractivity contribution in [2.45, 2.75) is 70.5 Å². The van der Waals surface area contributed by atoms with Crippen LogP contribution in [0.5, 0.6) is 0 Å². The van der Waals surface area contributed by atoms with Crippen LogP contribution in [0, 0.1) is 0 Å². The fourth-order valence-electron chi connectivity index (χ4n) is 3.79. The lowest BCUT2D eigenvalue weighted by molar-refractivity contribution is 0.145. The minimum Gasteiger partial charge on any atom is -0.348 e. The predicted octanol–water partition coefficient (Wildman–Crippen LogP) is 3.69. The lowest BCUT2D eigenvalue weighted by Crippen LogP contribution is -2.50. The van der Waals surface area contributed by atoms with Gasteiger partial charge in [-0.3, -0.25) is 0 Å². The molecule has 0 bridgehead atoms. The van der Waals surface area contributed by atoms with Crippen LogP contribution in [0.1, 0.15) is 63.6 Å². The standard InChI is InChI=1S/C17H27N3O/c1-2-7-16-15-10-6-11-19(15)12-13-20(16)17(21)18-14-8-4-3-5-9-14/h6,10-11,14,16H,2-5,7-9,12-13H2,1H3,(H,18,21). The fraction of sp³-hybridized carbons (Fsp3) is 0.706. The topological polar surface area (TPSA) is 37.3 Å². The van der Waals surface area contributed by atoms with Crippen LogP contribution in [-0.4, -0.2) is 28.1 Å². The van der Waals surface area contributed by atoms with E-state index in [1.165, 1.54) is 25.0 Å². The van der Waals surface area contributed by atoms with Crippen LogP contribution >= 0.6 is 0 Å². The third-order valence-corrected chi connectivity index (χ3v) is 4.92. The highest BCUT2D eigenvalue weighted by molar-refractivity contribution is 5.75. The molecule has 1 fully saturated rings. The van der Waals surface area contributed by atoms with Crippen molar-refractivity contribution >= 4 is 6.03 Å². The van der Waals surface area contributed by atoms with Crippen LogP contribution in [0.15, 0.2) is 18.3 Å². The van der Waals surface area contributed by atoms with Crippen molar-refractivity contribution in [2.75, 3.05) is 6.54 Å². The quantitative estimate of drug-likeness (QED) is 0.905. The molecule has 1 aromatic heterocycles. The summed E-state index contributed by atoms with van der Waals surface area (Å²) in [6.45, 7) is 3.94. The first-order valence-corrected chi connectivity index (χ1v) is 8.51. The molecule has 116 valence electrons. The van der Waals surface area contributed by atoms with Crippen molar-refractivity contribution in [3.8, 4) is 0 Å². The summed E-state index contributed by atoms with van der Waals surface area (Å²) in [6, 6.07) is 5.04. The SMILES string of the molecule is CCCC1c2cccn2CCN1C(=O)NC1CCCCC1. The number of carbonyl (C=O) groups is 1. The van der Waals surface area contributed by atoms with Gasteiger partial charge in [-0.25, -0.2) is 4.79 Å². The molecule has 2 amide bonds. The van der Waals surface area contributed by atoms with Crippen LogP contribution in [0.3, 0.4) is 0 Å². The highest BCUT2D eigenvalue weighted by Gasteiger charge is 2.31. The smallest absolute Gasteiger partial charge is 0.318 e. The second kappa shape index (κ2) is 6.54. The average molecular weight is 289 g/mol. The van der Waals surface area contributed by atoms with Crippen molar-refractivity contribution in [1.29, 1.82) is 0 Å². The minimum absolute atomic E-state index is 0.146. The van der Waals surface area contributed by atoms with Gasteiger partial charge in [0.2, 0.25) is 0 Å². The molecule has 3 rings (SSSR count). The maximum atomic E-state index is 12.7. The Labute approximate surface area is 127 Å². The third kappa shape index (κ3) is 3.09. The van der Waals surface area contributed by atoms with E-state index in [-0.39, 0.29) is 12.1 Å². The highest BCUT2D eigenvalue weighted by Crippen LogP contribution is 2.30. The maximum absolute atomic E-state index is 12.7. The van der Waals surface area contributed by atoms with Crippen molar-refractivity contribution in [3.63, 3.8) is 0 Å². The molecule has 1 saturated carbocycles. The van der Waals surface area contributed by atoms with E-state index in [9.17, 15) is 4.79 Å². The van der Waals surface area contributed by atoms with E-state index in [0.29, 0.717) is 6.04 Å². The van der Waals surface area contributed by atoms with Gasteiger partial charge in [-0.2, -0.15) is 0 Å². The zero-order chi connectivity index (χ0) is 14.7. The molecule has 1 N–H and O–H groups in total. The molecular formula is C17H27N3O. The van der Waals surface area contributed by atoms with Crippen molar-refractivity contribution < 1.29 is 4.79 Å². The Kier molecular flexibility index (Phi) is 4.51. The first-order valence-electron chi connectivity index (χ1n) is 8.51. The van der Waals surface area contributed by atoms with Crippen LogP contribution in [0.4, 0.5) is 4.79 Å². The highest BCUT2D eigenvalue weighted by atomic mass is 16.2. The van der Waals surface area contributed by atoms with Gasteiger partial charge in [0.15, 0.2) is 0 Å². The molecule has 2 aliphatic rings. The van der Waals surface area contributed by atoms with E-state index in [0.717, 1.165) is 38.8 Å². The molecule has 0 aromatic carbocycles. The Balaban J connectivity index is 1.69. The van der Waals surface area contributed by atoms with E-state index in [2.05, 4.69) is 40.0 Å². The second-order valence-corrected chi connectivity index (χ2v) is 6.41. The zero-order valence-corrected chi connectivity index (χ0v) is 13.1. The number of urea groups is 1. The Bertz CT molecular complexity index is 476. The van der Waals surface area contributed by atoms with Crippen molar-refractivity contribution in [2.24, 2.45) is 0 Å². The summed E-state index contributed by atoms with van der Waals surface area (Å²) >= 11 is 0. The number of hydrogen-bond donors (Lipinski definition) is 1. The van der Waals surface area contributed by atoms with Crippen molar-refractivity contribution in [1.82, 2.24) is 14.8 Å². The molecule has 1 aliphatic carbocycles. The van der Waals surface area contributed by atoms with E-state index in [1.54, 1.807) is 0 Å². The summed E-state index contributed by atoms with van der Waals surface area (Å²) in [5.41, 5.74) is 1.29. The van der Waals surface area contributed by atoms with Gasteiger partial charge >= 0.3 is 6.03 Å². The van der Waals surface area contributed by atoms with Crippen LogP contribution in [0.25, 0.3) is 0 Å². The summed E-state index contributed by atoms with van der Waals surface area (Å²) in [4.78, 5) is 14.8. The van der Waals surface area contributed by atoms with Crippen molar-refractivity contribution in [3.05, 3.63) is 24.0 Å². The van der Waals surface area contributed by atoms with E-state index < -0.39 is 0 Å². The number of nitrogens with one attached hydrogen (secondary N) is 1. The maximum Gasteiger partial charge on any atom is 0.318 e.